The molecule has 0 aliphatic heterocycles. The van der Waals surface area contributed by atoms with Crippen molar-refractivity contribution >= 4 is 11.4 Å². The molecule has 0 bridgehead atoms. The molecular formula is C9H12F3N3O. The van der Waals surface area contributed by atoms with Crippen molar-refractivity contribution in [3.05, 3.63) is 18.0 Å². The summed E-state index contributed by atoms with van der Waals surface area (Å²) in [5.74, 6) is 0. The fraction of sp³-hybridized carbons (Fsp3) is 0.444. The Hall–Kier alpha value is -1.50. The normalized spacial score (nSPS) is 11.6. The van der Waals surface area contributed by atoms with E-state index in [0.717, 1.165) is 12.3 Å². The van der Waals surface area contributed by atoms with E-state index in [4.69, 9.17) is 10.8 Å². The minimum Gasteiger partial charge on any atom is -0.396 e. The number of rotatable bonds is 3. The second-order valence-corrected chi connectivity index (χ2v) is 3.27. The third kappa shape index (κ3) is 2.75. The Bertz CT molecular complexity index is 368. The number of aliphatic hydroxyl groups excluding tert-OH is 1. The molecule has 16 heavy (non-hydrogen) atoms. The summed E-state index contributed by atoms with van der Waals surface area (Å²) in [5.41, 5.74) is 4.86. The van der Waals surface area contributed by atoms with Crippen molar-refractivity contribution in [2.45, 2.75) is 6.18 Å². The molecule has 0 fully saturated rings. The number of pyridine rings is 1. The second kappa shape index (κ2) is 4.56. The van der Waals surface area contributed by atoms with Gasteiger partial charge in [-0.25, -0.2) is 4.98 Å². The number of hydrogen-bond donors (Lipinski definition) is 2. The SMILES string of the molecule is CN(CCO)c1cc(C(F)(F)F)ncc1N. The fourth-order valence-electron chi connectivity index (χ4n) is 1.21. The monoisotopic (exact) mass is 235 g/mol. The molecule has 0 aromatic carbocycles. The highest BCUT2D eigenvalue weighted by Gasteiger charge is 2.33. The van der Waals surface area contributed by atoms with Crippen LogP contribution >= 0.6 is 0 Å². The second-order valence-electron chi connectivity index (χ2n) is 3.27. The Morgan fingerprint density at radius 3 is 2.62 bits per heavy atom. The number of aromatic nitrogens is 1. The van der Waals surface area contributed by atoms with E-state index in [9.17, 15) is 13.2 Å². The number of hydrogen-bond acceptors (Lipinski definition) is 4. The van der Waals surface area contributed by atoms with Crippen LogP contribution in [0.4, 0.5) is 24.5 Å². The molecule has 4 nitrogen and oxygen atoms in total. The van der Waals surface area contributed by atoms with Crippen LogP contribution in [0.15, 0.2) is 12.3 Å². The van der Waals surface area contributed by atoms with Gasteiger partial charge in [-0.3, -0.25) is 0 Å². The molecule has 3 N–H and O–H groups in total. The molecule has 0 atom stereocenters. The molecule has 0 aliphatic rings. The Labute approximate surface area is 90.5 Å². The molecule has 1 aromatic rings. The molecule has 1 heterocycles. The van der Waals surface area contributed by atoms with Gasteiger partial charge in [0.1, 0.15) is 5.69 Å². The average molecular weight is 235 g/mol. The molecule has 1 aromatic heterocycles. The van der Waals surface area contributed by atoms with E-state index in [1.54, 1.807) is 7.05 Å². The maximum Gasteiger partial charge on any atom is 0.433 e. The van der Waals surface area contributed by atoms with E-state index in [1.165, 1.54) is 4.90 Å². The summed E-state index contributed by atoms with van der Waals surface area (Å²) >= 11 is 0. The molecule has 0 radical (unpaired) electrons. The van der Waals surface area contributed by atoms with Crippen molar-refractivity contribution in [2.75, 3.05) is 30.8 Å². The van der Waals surface area contributed by atoms with E-state index in [2.05, 4.69) is 4.98 Å². The van der Waals surface area contributed by atoms with Gasteiger partial charge in [0, 0.05) is 13.6 Å². The Morgan fingerprint density at radius 1 is 1.50 bits per heavy atom. The zero-order chi connectivity index (χ0) is 12.3. The highest BCUT2D eigenvalue weighted by Crippen LogP contribution is 2.32. The van der Waals surface area contributed by atoms with Gasteiger partial charge < -0.3 is 15.7 Å². The predicted octanol–water partition coefficient (Wildman–Crippen LogP) is 1.11. The standard InChI is InChI=1S/C9H12F3N3O/c1-15(2-3-16)7-4-8(9(10,11)12)14-5-6(7)13/h4-5,16H,2-3,13H2,1H3. The van der Waals surface area contributed by atoms with Gasteiger partial charge in [-0.05, 0) is 6.07 Å². The van der Waals surface area contributed by atoms with Gasteiger partial charge in [0.2, 0.25) is 0 Å². The maximum atomic E-state index is 12.4. The lowest BCUT2D eigenvalue weighted by Crippen LogP contribution is -2.23. The number of halogens is 3. The largest absolute Gasteiger partial charge is 0.433 e. The highest BCUT2D eigenvalue weighted by atomic mass is 19.4. The van der Waals surface area contributed by atoms with E-state index in [-0.39, 0.29) is 24.5 Å². The molecule has 0 spiro atoms. The minimum atomic E-state index is -4.50. The van der Waals surface area contributed by atoms with Crippen LogP contribution in [0.1, 0.15) is 5.69 Å². The number of alkyl halides is 3. The van der Waals surface area contributed by atoms with Crippen molar-refractivity contribution in [1.29, 1.82) is 0 Å². The highest BCUT2D eigenvalue weighted by molar-refractivity contribution is 5.66. The van der Waals surface area contributed by atoms with Crippen molar-refractivity contribution < 1.29 is 18.3 Å². The smallest absolute Gasteiger partial charge is 0.396 e. The lowest BCUT2D eigenvalue weighted by atomic mass is 10.2. The molecule has 0 aliphatic carbocycles. The summed E-state index contributed by atoms with van der Waals surface area (Å²) in [7, 11) is 1.54. The maximum absolute atomic E-state index is 12.4. The first-order valence-electron chi connectivity index (χ1n) is 4.51. The molecular weight excluding hydrogens is 223 g/mol. The zero-order valence-corrected chi connectivity index (χ0v) is 8.62. The zero-order valence-electron chi connectivity index (χ0n) is 8.62. The summed E-state index contributed by atoms with van der Waals surface area (Å²) in [6, 6.07) is 0.866. The van der Waals surface area contributed by atoms with Gasteiger partial charge in [-0.1, -0.05) is 0 Å². The van der Waals surface area contributed by atoms with E-state index >= 15 is 0 Å². The number of likely N-dealkylation sites (N-methyl/N-ethyl adjacent to an activating group) is 1. The minimum absolute atomic E-state index is 0.143. The third-order valence-corrected chi connectivity index (χ3v) is 2.05. The Balaban J connectivity index is 3.09. The first-order chi connectivity index (χ1) is 7.36. The van der Waals surface area contributed by atoms with Gasteiger partial charge in [-0.2, -0.15) is 13.2 Å². The summed E-state index contributed by atoms with van der Waals surface area (Å²) in [6.45, 7) is 0.0329. The van der Waals surface area contributed by atoms with Crippen molar-refractivity contribution in [2.24, 2.45) is 0 Å². The third-order valence-electron chi connectivity index (χ3n) is 2.05. The fourth-order valence-corrected chi connectivity index (χ4v) is 1.21. The molecule has 7 heteroatoms. The van der Waals surface area contributed by atoms with Gasteiger partial charge in [-0.15, -0.1) is 0 Å². The molecule has 0 unspecified atom stereocenters. The Morgan fingerprint density at radius 2 is 2.12 bits per heavy atom. The van der Waals surface area contributed by atoms with E-state index < -0.39 is 11.9 Å². The van der Waals surface area contributed by atoms with Gasteiger partial charge in [0.05, 0.1) is 24.2 Å². The van der Waals surface area contributed by atoms with Gasteiger partial charge in [0.15, 0.2) is 0 Å². The molecule has 0 saturated heterocycles. The van der Waals surface area contributed by atoms with E-state index in [1.807, 2.05) is 0 Å². The van der Waals surface area contributed by atoms with Crippen LogP contribution in [-0.2, 0) is 6.18 Å². The van der Waals surface area contributed by atoms with Crippen LogP contribution in [0.2, 0.25) is 0 Å². The van der Waals surface area contributed by atoms with Crippen LogP contribution in [0.3, 0.4) is 0 Å². The predicted molar refractivity (Wildman–Crippen MR) is 54.0 cm³/mol. The summed E-state index contributed by atoms with van der Waals surface area (Å²) in [6.07, 6.45) is -3.53. The summed E-state index contributed by atoms with van der Waals surface area (Å²) in [4.78, 5) is 4.65. The number of nitrogens with zero attached hydrogens (tertiary/aromatic N) is 2. The van der Waals surface area contributed by atoms with Crippen molar-refractivity contribution in [1.82, 2.24) is 4.98 Å². The lowest BCUT2D eigenvalue weighted by Gasteiger charge is -2.20. The molecule has 0 saturated carbocycles. The Kier molecular flexibility index (Phi) is 3.58. The van der Waals surface area contributed by atoms with Crippen molar-refractivity contribution in [3.8, 4) is 0 Å². The van der Waals surface area contributed by atoms with Crippen LogP contribution in [-0.4, -0.2) is 30.3 Å². The lowest BCUT2D eigenvalue weighted by molar-refractivity contribution is -0.141. The number of nitrogens with two attached hydrogens (primary N) is 1. The summed E-state index contributed by atoms with van der Waals surface area (Å²) in [5, 5.41) is 8.70. The molecule has 1 rings (SSSR count). The van der Waals surface area contributed by atoms with Crippen LogP contribution < -0.4 is 10.6 Å². The van der Waals surface area contributed by atoms with Gasteiger partial charge in [0.25, 0.3) is 0 Å². The number of anilines is 2. The quantitative estimate of drug-likeness (QED) is 0.823. The molecule has 0 amide bonds. The average Bonchev–Trinajstić information content (AvgIpc) is 2.16. The summed E-state index contributed by atoms with van der Waals surface area (Å²) < 4.78 is 37.1. The van der Waals surface area contributed by atoms with Crippen LogP contribution in [0, 0.1) is 0 Å². The first-order valence-corrected chi connectivity index (χ1v) is 4.51. The van der Waals surface area contributed by atoms with Crippen LogP contribution in [0.5, 0.6) is 0 Å². The van der Waals surface area contributed by atoms with Crippen LogP contribution in [0.25, 0.3) is 0 Å². The van der Waals surface area contributed by atoms with Gasteiger partial charge >= 0.3 is 6.18 Å². The first kappa shape index (κ1) is 12.6. The molecule has 90 valence electrons. The van der Waals surface area contributed by atoms with Crippen molar-refractivity contribution in [3.63, 3.8) is 0 Å². The topological polar surface area (TPSA) is 62.4 Å². The number of aliphatic hydroxyl groups is 1. The van der Waals surface area contributed by atoms with E-state index in [0.29, 0.717) is 0 Å². The number of nitrogen functional groups attached to an aromatic ring is 1.